The summed E-state index contributed by atoms with van der Waals surface area (Å²) in [5.41, 5.74) is 0.630. The van der Waals surface area contributed by atoms with Crippen LogP contribution in [0.25, 0.3) is 0 Å². The maximum absolute atomic E-state index is 10.9. The third kappa shape index (κ3) is 3.15. The zero-order valence-corrected chi connectivity index (χ0v) is 12.2. The monoisotopic (exact) mass is 337 g/mol. The molecule has 104 valence electrons. The molecule has 2 aromatic carbocycles. The number of hydrogen-bond acceptors (Lipinski definition) is 4. The number of aliphatic hydroxyl groups excluding tert-OH is 1. The van der Waals surface area contributed by atoms with Crippen molar-refractivity contribution in [3.8, 4) is 11.5 Å². The van der Waals surface area contributed by atoms with Gasteiger partial charge in [-0.15, -0.1) is 0 Å². The van der Waals surface area contributed by atoms with Gasteiger partial charge in [-0.1, -0.05) is 18.2 Å². The van der Waals surface area contributed by atoms with Gasteiger partial charge in [0.2, 0.25) is 5.75 Å². The molecule has 0 saturated carbocycles. The van der Waals surface area contributed by atoms with Crippen LogP contribution in [0.3, 0.4) is 0 Å². The van der Waals surface area contributed by atoms with Gasteiger partial charge in [0.25, 0.3) is 0 Å². The van der Waals surface area contributed by atoms with Crippen molar-refractivity contribution in [2.45, 2.75) is 13.0 Å². The first-order valence-electron chi connectivity index (χ1n) is 5.88. The van der Waals surface area contributed by atoms with Crippen molar-refractivity contribution < 1.29 is 14.8 Å². The van der Waals surface area contributed by atoms with Gasteiger partial charge in [0.1, 0.15) is 5.75 Å². The van der Waals surface area contributed by atoms with Crippen molar-refractivity contribution in [1.29, 1.82) is 0 Å². The number of rotatable bonds is 4. The lowest BCUT2D eigenvalue weighted by Gasteiger charge is -2.10. The second-order valence-corrected chi connectivity index (χ2v) is 5.05. The second-order valence-electron chi connectivity index (χ2n) is 4.19. The maximum Gasteiger partial charge on any atom is 0.311 e. The molecule has 0 bridgehead atoms. The lowest BCUT2D eigenvalue weighted by atomic mass is 10.1. The summed E-state index contributed by atoms with van der Waals surface area (Å²) in [7, 11) is 0. The molecule has 0 amide bonds. The van der Waals surface area contributed by atoms with Crippen LogP contribution >= 0.6 is 15.9 Å². The average Bonchev–Trinajstić information content (AvgIpc) is 2.41. The van der Waals surface area contributed by atoms with Gasteiger partial charge >= 0.3 is 5.69 Å². The molecule has 2 rings (SSSR count). The molecule has 0 aromatic heterocycles. The van der Waals surface area contributed by atoms with Crippen molar-refractivity contribution in [3.05, 3.63) is 62.6 Å². The number of aliphatic hydroxyl groups is 1. The molecule has 5 nitrogen and oxygen atoms in total. The lowest BCUT2D eigenvalue weighted by Crippen LogP contribution is -1.95. The number of nitrogens with zero attached hydrogens (tertiary/aromatic N) is 1. The number of para-hydroxylation sites is 2. The quantitative estimate of drug-likeness (QED) is 0.670. The van der Waals surface area contributed by atoms with E-state index in [9.17, 15) is 15.2 Å². The lowest BCUT2D eigenvalue weighted by molar-refractivity contribution is -0.385. The largest absolute Gasteiger partial charge is 0.449 e. The number of hydrogen-bond donors (Lipinski definition) is 1. The highest BCUT2D eigenvalue weighted by Gasteiger charge is 2.16. The minimum absolute atomic E-state index is 0.0981. The first kappa shape index (κ1) is 14.5. The second kappa shape index (κ2) is 6.02. The zero-order chi connectivity index (χ0) is 14.7. The topological polar surface area (TPSA) is 72.6 Å². The fraction of sp³-hybridized carbons (Fsp3) is 0.143. The Morgan fingerprint density at radius 1 is 1.25 bits per heavy atom. The third-order valence-electron chi connectivity index (χ3n) is 2.72. The van der Waals surface area contributed by atoms with Crippen molar-refractivity contribution in [2.24, 2.45) is 0 Å². The Hall–Kier alpha value is -1.92. The highest BCUT2D eigenvalue weighted by atomic mass is 79.9. The van der Waals surface area contributed by atoms with Crippen molar-refractivity contribution >= 4 is 21.6 Å². The summed E-state index contributed by atoms with van der Waals surface area (Å²) in [5.74, 6) is 0.617. The molecule has 0 fully saturated rings. The minimum atomic E-state index is -0.591. The van der Waals surface area contributed by atoms with E-state index >= 15 is 0 Å². The molecule has 2 aromatic rings. The highest BCUT2D eigenvalue weighted by molar-refractivity contribution is 9.10. The number of benzene rings is 2. The predicted octanol–water partition coefficient (Wildman–Crippen LogP) is 4.20. The Balaban J connectivity index is 2.33. The summed E-state index contributed by atoms with van der Waals surface area (Å²) >= 11 is 3.33. The molecule has 0 radical (unpaired) electrons. The Labute approximate surface area is 124 Å². The van der Waals surface area contributed by atoms with Crippen molar-refractivity contribution in [1.82, 2.24) is 0 Å². The van der Waals surface area contributed by atoms with Crippen LogP contribution in [0.4, 0.5) is 5.69 Å². The van der Waals surface area contributed by atoms with E-state index in [1.54, 1.807) is 37.3 Å². The molecule has 0 aliphatic rings. The van der Waals surface area contributed by atoms with E-state index in [2.05, 4.69) is 15.9 Å². The Bertz CT molecular complexity index is 643. The molecule has 0 spiro atoms. The fourth-order valence-electron chi connectivity index (χ4n) is 1.67. The normalized spacial score (nSPS) is 11.9. The molecule has 6 heteroatoms. The van der Waals surface area contributed by atoms with Gasteiger partial charge in [0.15, 0.2) is 0 Å². The van der Waals surface area contributed by atoms with Gasteiger partial charge in [-0.3, -0.25) is 10.1 Å². The molecule has 0 aliphatic heterocycles. The van der Waals surface area contributed by atoms with E-state index in [1.165, 1.54) is 12.1 Å². The van der Waals surface area contributed by atoms with Crippen LogP contribution < -0.4 is 4.74 Å². The summed E-state index contributed by atoms with van der Waals surface area (Å²) < 4.78 is 6.19. The smallest absolute Gasteiger partial charge is 0.311 e. The average molecular weight is 338 g/mol. The summed E-state index contributed by atoms with van der Waals surface area (Å²) in [6.45, 7) is 1.66. The van der Waals surface area contributed by atoms with Crippen LogP contribution in [0.5, 0.6) is 11.5 Å². The Morgan fingerprint density at radius 3 is 2.55 bits per heavy atom. The first-order valence-corrected chi connectivity index (χ1v) is 6.67. The van der Waals surface area contributed by atoms with E-state index in [-0.39, 0.29) is 11.4 Å². The van der Waals surface area contributed by atoms with E-state index in [1.807, 2.05) is 0 Å². The van der Waals surface area contributed by atoms with Crippen LogP contribution in [-0.2, 0) is 0 Å². The molecule has 0 unspecified atom stereocenters. The summed E-state index contributed by atoms with van der Waals surface area (Å²) in [6.07, 6.45) is -0.591. The van der Waals surface area contributed by atoms with E-state index in [0.717, 1.165) is 5.56 Å². The Kier molecular flexibility index (Phi) is 4.36. The summed E-state index contributed by atoms with van der Waals surface area (Å²) in [6, 6.07) is 11.2. The number of ether oxygens (including phenoxy) is 1. The minimum Gasteiger partial charge on any atom is -0.449 e. The van der Waals surface area contributed by atoms with Crippen molar-refractivity contribution in [3.63, 3.8) is 0 Å². The molecule has 0 saturated heterocycles. The Morgan fingerprint density at radius 2 is 1.95 bits per heavy atom. The zero-order valence-electron chi connectivity index (χ0n) is 10.6. The molecule has 1 atom stereocenters. The third-order valence-corrected chi connectivity index (χ3v) is 3.34. The fourth-order valence-corrected chi connectivity index (χ4v) is 2.15. The van der Waals surface area contributed by atoms with Crippen molar-refractivity contribution in [2.75, 3.05) is 0 Å². The van der Waals surface area contributed by atoms with Gasteiger partial charge in [0, 0.05) is 6.07 Å². The van der Waals surface area contributed by atoms with E-state index in [0.29, 0.717) is 10.2 Å². The van der Waals surface area contributed by atoms with Gasteiger partial charge in [-0.25, -0.2) is 0 Å². The van der Waals surface area contributed by atoms with Crippen LogP contribution in [-0.4, -0.2) is 10.0 Å². The highest BCUT2D eigenvalue weighted by Crippen LogP contribution is 2.35. The predicted molar refractivity (Wildman–Crippen MR) is 77.9 cm³/mol. The van der Waals surface area contributed by atoms with Gasteiger partial charge in [0.05, 0.1) is 15.5 Å². The van der Waals surface area contributed by atoms with Gasteiger partial charge in [-0.2, -0.15) is 0 Å². The number of nitro groups is 1. The molecule has 1 N–H and O–H groups in total. The van der Waals surface area contributed by atoms with Gasteiger partial charge < -0.3 is 9.84 Å². The maximum atomic E-state index is 10.9. The van der Waals surface area contributed by atoms with Crippen LogP contribution in [0, 0.1) is 10.1 Å². The van der Waals surface area contributed by atoms with Gasteiger partial charge in [-0.05, 0) is 46.6 Å². The molecule has 20 heavy (non-hydrogen) atoms. The molecule has 0 heterocycles. The molecule has 0 aliphatic carbocycles. The first-order chi connectivity index (χ1) is 9.49. The summed E-state index contributed by atoms with van der Waals surface area (Å²) in [4.78, 5) is 10.4. The number of halogens is 1. The number of nitro benzene ring substituents is 1. The SMILES string of the molecule is C[C@@H](O)c1ccc(Oc2ccccc2[N+](=O)[O-])c(Br)c1. The molecular formula is C14H12BrNO4. The van der Waals surface area contributed by atoms with E-state index in [4.69, 9.17) is 4.74 Å². The van der Waals surface area contributed by atoms with Crippen LogP contribution in [0.1, 0.15) is 18.6 Å². The van der Waals surface area contributed by atoms with E-state index < -0.39 is 11.0 Å². The standard InChI is InChI=1S/C14H12BrNO4/c1-9(17)10-6-7-13(11(15)8-10)20-14-5-3-2-4-12(14)16(18)19/h2-9,17H,1H3/t9-/m1/s1. The summed E-state index contributed by atoms with van der Waals surface area (Å²) in [5, 5.41) is 20.4. The van der Waals surface area contributed by atoms with Crippen LogP contribution in [0.15, 0.2) is 46.9 Å². The van der Waals surface area contributed by atoms with Crippen LogP contribution in [0.2, 0.25) is 0 Å². The molecular weight excluding hydrogens is 326 g/mol.